The van der Waals surface area contributed by atoms with Gasteiger partial charge in [0.2, 0.25) is 0 Å². The van der Waals surface area contributed by atoms with Gasteiger partial charge >= 0.3 is 0 Å². The van der Waals surface area contributed by atoms with Gasteiger partial charge in [0, 0.05) is 0 Å². The van der Waals surface area contributed by atoms with E-state index in [1.165, 1.54) is 32.1 Å². The summed E-state index contributed by atoms with van der Waals surface area (Å²) in [5.41, 5.74) is 0. The van der Waals surface area contributed by atoms with Crippen LogP contribution in [0.15, 0.2) is 0 Å². The average molecular weight is 351 g/mol. The maximum atomic E-state index is 2.59. The summed E-state index contributed by atoms with van der Waals surface area (Å²) >= 11 is 0. The third kappa shape index (κ3) is 5.04. The van der Waals surface area contributed by atoms with Crippen molar-refractivity contribution in [1.29, 1.82) is 0 Å². The highest BCUT2D eigenvalue weighted by Gasteiger charge is 2.51. The van der Waals surface area contributed by atoms with Crippen LogP contribution in [0, 0.1) is 59.2 Å². The predicted molar refractivity (Wildman–Crippen MR) is 115 cm³/mol. The van der Waals surface area contributed by atoms with Gasteiger partial charge in [-0.15, -0.1) is 0 Å². The molecule has 1 rings (SSSR count). The van der Waals surface area contributed by atoms with Crippen LogP contribution >= 0.6 is 0 Å². The Morgan fingerprint density at radius 3 is 1.48 bits per heavy atom. The third-order valence-electron chi connectivity index (χ3n) is 9.09. The van der Waals surface area contributed by atoms with Crippen molar-refractivity contribution >= 4 is 0 Å². The Labute approximate surface area is 160 Å². The van der Waals surface area contributed by atoms with E-state index >= 15 is 0 Å². The van der Waals surface area contributed by atoms with Crippen molar-refractivity contribution in [2.45, 2.75) is 101 Å². The fourth-order valence-corrected chi connectivity index (χ4v) is 6.17. The maximum absolute atomic E-state index is 2.59. The summed E-state index contributed by atoms with van der Waals surface area (Å²) < 4.78 is 0. The number of hydrogen-bond acceptors (Lipinski definition) is 0. The second-order valence-electron chi connectivity index (χ2n) is 9.95. The van der Waals surface area contributed by atoms with Gasteiger partial charge in [-0.25, -0.2) is 0 Å². The van der Waals surface area contributed by atoms with Crippen molar-refractivity contribution in [3.8, 4) is 0 Å². The zero-order valence-electron chi connectivity index (χ0n) is 19.3. The molecule has 0 heteroatoms. The molecule has 0 nitrogen and oxygen atoms in total. The molecule has 10 atom stereocenters. The lowest BCUT2D eigenvalue weighted by molar-refractivity contribution is -0.0920. The van der Waals surface area contributed by atoms with E-state index in [1.54, 1.807) is 0 Å². The lowest BCUT2D eigenvalue weighted by Gasteiger charge is -2.57. The Hall–Kier alpha value is 0. The zero-order chi connectivity index (χ0) is 19.3. The van der Waals surface area contributed by atoms with Gasteiger partial charge in [0.25, 0.3) is 0 Å². The lowest BCUT2D eigenvalue weighted by atomic mass is 9.48. The van der Waals surface area contributed by atoms with Crippen LogP contribution < -0.4 is 0 Å². The van der Waals surface area contributed by atoms with Crippen molar-refractivity contribution < 1.29 is 0 Å². The van der Waals surface area contributed by atoms with Gasteiger partial charge in [-0.05, 0) is 65.6 Å². The minimum absolute atomic E-state index is 0.866. The van der Waals surface area contributed by atoms with Crippen LogP contribution in [-0.2, 0) is 0 Å². The van der Waals surface area contributed by atoms with Crippen LogP contribution in [0.5, 0.6) is 0 Å². The van der Waals surface area contributed by atoms with E-state index in [4.69, 9.17) is 0 Å². The minimum Gasteiger partial charge on any atom is -0.0651 e. The Kier molecular flexibility index (Phi) is 9.55. The Balaban J connectivity index is 2.88. The summed E-state index contributed by atoms with van der Waals surface area (Å²) in [4.78, 5) is 0. The summed E-state index contributed by atoms with van der Waals surface area (Å²) in [5.74, 6) is 9.17. The normalized spacial score (nSPS) is 33.8. The van der Waals surface area contributed by atoms with Crippen LogP contribution in [0.3, 0.4) is 0 Å². The van der Waals surface area contributed by atoms with Crippen molar-refractivity contribution in [2.75, 3.05) is 0 Å². The van der Waals surface area contributed by atoms with Gasteiger partial charge in [-0.3, -0.25) is 0 Å². The molecular formula is C25H50. The molecule has 0 aliphatic heterocycles. The molecule has 0 aromatic rings. The van der Waals surface area contributed by atoms with Gasteiger partial charge in [-0.2, -0.15) is 0 Å². The fourth-order valence-electron chi connectivity index (χ4n) is 6.17. The van der Waals surface area contributed by atoms with Crippen LogP contribution in [-0.4, -0.2) is 0 Å². The summed E-state index contributed by atoms with van der Waals surface area (Å²) in [5, 5.41) is 0. The fraction of sp³-hybridized carbons (Fsp3) is 1.00. The molecule has 10 unspecified atom stereocenters. The Bertz CT molecular complexity index is 359. The first-order chi connectivity index (χ1) is 11.7. The highest BCUT2D eigenvalue weighted by atomic mass is 14.6. The van der Waals surface area contributed by atoms with Gasteiger partial charge < -0.3 is 0 Å². The molecule has 1 aliphatic rings. The third-order valence-corrected chi connectivity index (χ3v) is 9.09. The van der Waals surface area contributed by atoms with E-state index in [9.17, 15) is 0 Å². The van der Waals surface area contributed by atoms with Gasteiger partial charge in [0.05, 0.1) is 0 Å². The maximum Gasteiger partial charge on any atom is -0.0323 e. The van der Waals surface area contributed by atoms with Crippen LogP contribution in [0.4, 0.5) is 0 Å². The summed E-state index contributed by atoms with van der Waals surface area (Å²) in [6, 6.07) is 0. The molecule has 150 valence electrons. The molecule has 25 heavy (non-hydrogen) atoms. The number of rotatable bonds is 11. The first-order valence-corrected chi connectivity index (χ1v) is 11.7. The minimum atomic E-state index is 0.866. The van der Waals surface area contributed by atoms with Gasteiger partial charge in [0.15, 0.2) is 0 Å². The summed E-state index contributed by atoms with van der Waals surface area (Å²) in [6.45, 7) is 24.7. The van der Waals surface area contributed by atoms with Crippen molar-refractivity contribution in [3.63, 3.8) is 0 Å². The smallest absolute Gasteiger partial charge is 0.0323 e. The molecule has 0 N–H and O–H groups in total. The Morgan fingerprint density at radius 2 is 1.04 bits per heavy atom. The van der Waals surface area contributed by atoms with Crippen LogP contribution in [0.25, 0.3) is 0 Å². The molecular weight excluding hydrogens is 300 g/mol. The SMILES string of the molecule is CCC(C)C(C)C(C)CC1C(CC)C(CC)C1C(C)C(C)C(C)CC. The monoisotopic (exact) mass is 350 g/mol. The van der Waals surface area contributed by atoms with Gasteiger partial charge in [-0.1, -0.05) is 94.9 Å². The lowest BCUT2D eigenvalue weighted by Crippen LogP contribution is -2.51. The van der Waals surface area contributed by atoms with E-state index in [0.29, 0.717) is 0 Å². The molecule has 1 aliphatic carbocycles. The molecule has 0 heterocycles. The van der Waals surface area contributed by atoms with Crippen LogP contribution in [0.1, 0.15) is 101 Å². The highest BCUT2D eigenvalue weighted by Crippen LogP contribution is 2.57. The molecule has 0 amide bonds. The van der Waals surface area contributed by atoms with Crippen LogP contribution in [0.2, 0.25) is 0 Å². The van der Waals surface area contributed by atoms with Gasteiger partial charge in [0.1, 0.15) is 0 Å². The van der Waals surface area contributed by atoms with Crippen molar-refractivity contribution in [2.24, 2.45) is 59.2 Å². The van der Waals surface area contributed by atoms with E-state index in [0.717, 1.165) is 59.2 Å². The first kappa shape index (κ1) is 23.0. The topological polar surface area (TPSA) is 0 Å². The zero-order valence-corrected chi connectivity index (χ0v) is 19.3. The second-order valence-corrected chi connectivity index (χ2v) is 9.95. The summed E-state index contributed by atoms with van der Waals surface area (Å²) in [7, 11) is 0. The van der Waals surface area contributed by atoms with Crippen molar-refractivity contribution in [1.82, 2.24) is 0 Å². The van der Waals surface area contributed by atoms with E-state index in [1.807, 2.05) is 0 Å². The predicted octanol–water partition coefficient (Wildman–Crippen LogP) is 8.31. The molecule has 0 spiro atoms. The quantitative estimate of drug-likeness (QED) is 0.351. The van der Waals surface area contributed by atoms with E-state index < -0.39 is 0 Å². The first-order valence-electron chi connectivity index (χ1n) is 11.7. The molecule has 0 aromatic carbocycles. The molecule has 1 fully saturated rings. The largest absolute Gasteiger partial charge is 0.0651 e. The number of hydrogen-bond donors (Lipinski definition) is 0. The Morgan fingerprint density at radius 1 is 0.560 bits per heavy atom. The molecule has 1 saturated carbocycles. The van der Waals surface area contributed by atoms with E-state index in [-0.39, 0.29) is 0 Å². The standard InChI is InChI=1S/C25H50/c1-11-16(5)19(8)18(7)15-24-22(13-3)23(14-4)25(24)21(10)20(9)17(6)12-2/h16-25H,11-15H2,1-10H3. The second kappa shape index (κ2) is 10.4. The molecule has 0 radical (unpaired) electrons. The highest BCUT2D eigenvalue weighted by molar-refractivity contribution is 4.99. The average Bonchev–Trinajstić information content (AvgIpc) is 2.61. The molecule has 0 saturated heterocycles. The van der Waals surface area contributed by atoms with Crippen molar-refractivity contribution in [3.05, 3.63) is 0 Å². The van der Waals surface area contributed by atoms with E-state index in [2.05, 4.69) is 69.2 Å². The molecule has 0 aromatic heterocycles. The summed E-state index contributed by atoms with van der Waals surface area (Å²) in [6.07, 6.45) is 6.93. The molecule has 0 bridgehead atoms.